The number of aliphatic hydroxyl groups is 2. The van der Waals surface area contributed by atoms with Gasteiger partial charge in [0.25, 0.3) is 0 Å². The number of rotatable bonds is 2. The normalized spacial score (nSPS) is 37.6. The van der Waals surface area contributed by atoms with Crippen molar-refractivity contribution >= 4 is 0 Å². The maximum absolute atomic E-state index is 9.47. The van der Waals surface area contributed by atoms with E-state index < -0.39 is 18.4 Å². The molecule has 0 spiro atoms. The summed E-state index contributed by atoms with van der Waals surface area (Å²) >= 11 is 0. The van der Waals surface area contributed by atoms with Gasteiger partial charge in [0.1, 0.15) is 0 Å². The Labute approximate surface area is 166 Å². The molecule has 1 saturated heterocycles. The molecule has 0 saturated carbocycles. The molecule has 0 aromatic carbocycles. The number of azide groups is 1. The summed E-state index contributed by atoms with van der Waals surface area (Å²) < 4.78 is 5.12. The second-order valence-electron chi connectivity index (χ2n) is 3.66. The summed E-state index contributed by atoms with van der Waals surface area (Å²) in [6.45, 7) is 3.44. The summed E-state index contributed by atoms with van der Waals surface area (Å²) in [4.78, 5) is 2.72. The molecule has 1 unspecified atom stereocenters. The van der Waals surface area contributed by atoms with E-state index in [0.717, 1.165) is 0 Å². The third-order valence-corrected chi connectivity index (χ3v) is 2.88. The van der Waals surface area contributed by atoms with Crippen LogP contribution in [0.4, 0.5) is 0 Å². The summed E-state index contributed by atoms with van der Waals surface area (Å²) in [5.41, 5.74) is 8.36. The van der Waals surface area contributed by atoms with Crippen LogP contribution in [-0.4, -0.2) is 35.3 Å². The monoisotopic (exact) mass is 655 g/mol. The Morgan fingerprint density at radius 1 is 1.31 bits per heavy atom. The Bertz CT molecular complexity index is 249. The second kappa shape index (κ2) is 9.93. The van der Waals surface area contributed by atoms with Gasteiger partial charge in [-0.2, -0.15) is 0 Å². The van der Waals surface area contributed by atoms with Gasteiger partial charge in [0.2, 0.25) is 0 Å². The molecule has 1 fully saturated rings. The van der Waals surface area contributed by atoms with Gasteiger partial charge in [0, 0.05) is 99.0 Å². The van der Waals surface area contributed by atoms with Crippen LogP contribution in [0.2, 0.25) is 0 Å². The molecule has 0 bridgehead atoms. The van der Waals surface area contributed by atoms with Gasteiger partial charge < -0.3 is 14.9 Å². The fourth-order valence-corrected chi connectivity index (χ4v) is 1.68. The third kappa shape index (κ3) is 4.98. The SMILES string of the molecule is C[C@H]1[C@H](N=[N+]=[N-])[C@@H](CO)OC(O)[C@@H]1C.[Ac].[Ac]. The first-order valence-electron chi connectivity index (χ1n) is 4.60. The molecular formula is C8H15Ac2N3O3. The molecule has 5 atom stereocenters. The zero-order chi connectivity index (χ0) is 10.7. The number of hydrogen-bond donors (Lipinski definition) is 2. The van der Waals surface area contributed by atoms with E-state index in [0.29, 0.717) is 0 Å². The molecule has 1 rings (SSSR count). The van der Waals surface area contributed by atoms with Crippen molar-refractivity contribution in [2.24, 2.45) is 17.0 Å². The first-order chi connectivity index (χ1) is 6.61. The molecule has 16 heavy (non-hydrogen) atoms. The Kier molecular flexibility index (Phi) is 12.7. The minimum atomic E-state index is -0.896. The van der Waals surface area contributed by atoms with Crippen molar-refractivity contribution in [3.8, 4) is 0 Å². The van der Waals surface area contributed by atoms with Crippen molar-refractivity contribution < 1.29 is 103 Å². The minimum Gasteiger partial charge on any atom is -0.394 e. The van der Waals surface area contributed by atoms with Gasteiger partial charge in [-0.15, -0.1) is 0 Å². The molecule has 2 N–H and O–H groups in total. The Morgan fingerprint density at radius 3 is 2.31 bits per heavy atom. The van der Waals surface area contributed by atoms with Gasteiger partial charge in [-0.05, 0) is 11.4 Å². The molecule has 86 valence electrons. The molecule has 8 heteroatoms. The summed E-state index contributed by atoms with van der Waals surface area (Å²) in [7, 11) is 0. The Hall–Kier alpha value is 2.07. The van der Waals surface area contributed by atoms with Crippen LogP contribution in [0, 0.1) is 100.0 Å². The van der Waals surface area contributed by atoms with E-state index in [1.165, 1.54) is 0 Å². The molecule has 1 heterocycles. The van der Waals surface area contributed by atoms with E-state index in [1.807, 2.05) is 13.8 Å². The van der Waals surface area contributed by atoms with Crippen LogP contribution >= 0.6 is 0 Å². The zero-order valence-corrected chi connectivity index (χ0v) is 18.9. The van der Waals surface area contributed by atoms with Crippen molar-refractivity contribution in [3.63, 3.8) is 0 Å². The van der Waals surface area contributed by atoms with E-state index in [1.54, 1.807) is 0 Å². The fraction of sp³-hybridized carbons (Fsp3) is 1.00. The average Bonchev–Trinajstić information content (AvgIpc) is 2.19. The van der Waals surface area contributed by atoms with Crippen molar-refractivity contribution in [2.75, 3.05) is 6.61 Å². The van der Waals surface area contributed by atoms with Crippen molar-refractivity contribution in [1.82, 2.24) is 0 Å². The van der Waals surface area contributed by atoms with Crippen LogP contribution in [0.1, 0.15) is 13.8 Å². The van der Waals surface area contributed by atoms with E-state index >= 15 is 0 Å². The maximum Gasteiger partial charge on any atom is 0.157 e. The van der Waals surface area contributed by atoms with E-state index in [9.17, 15) is 5.11 Å². The summed E-state index contributed by atoms with van der Waals surface area (Å²) in [6, 6.07) is -0.414. The first-order valence-corrected chi connectivity index (χ1v) is 4.60. The number of ether oxygens (including phenoxy) is 1. The molecule has 1 aliphatic heterocycles. The number of aliphatic hydroxyl groups excluding tert-OH is 2. The van der Waals surface area contributed by atoms with Crippen LogP contribution in [0.5, 0.6) is 0 Å². The Balaban J connectivity index is 0. The number of nitrogens with zero attached hydrogens (tertiary/aromatic N) is 3. The molecule has 0 aliphatic carbocycles. The molecular weight excluding hydrogens is 640 g/mol. The van der Waals surface area contributed by atoms with Crippen molar-refractivity contribution in [1.29, 1.82) is 0 Å². The minimum absolute atomic E-state index is 0. The van der Waals surface area contributed by atoms with Gasteiger partial charge in [0.05, 0.1) is 18.8 Å². The van der Waals surface area contributed by atoms with Crippen molar-refractivity contribution in [3.05, 3.63) is 10.4 Å². The molecule has 6 nitrogen and oxygen atoms in total. The third-order valence-electron chi connectivity index (χ3n) is 2.88. The summed E-state index contributed by atoms with van der Waals surface area (Å²) in [5.74, 6) is -0.111. The van der Waals surface area contributed by atoms with Crippen LogP contribution in [0.3, 0.4) is 0 Å². The molecule has 2 radical (unpaired) electrons. The molecule has 0 aromatic rings. The summed E-state index contributed by atoms with van der Waals surface area (Å²) in [6.07, 6.45) is -1.50. The van der Waals surface area contributed by atoms with Crippen LogP contribution < -0.4 is 0 Å². The van der Waals surface area contributed by atoms with E-state index in [4.69, 9.17) is 15.4 Å². The van der Waals surface area contributed by atoms with Crippen molar-refractivity contribution in [2.45, 2.75) is 32.3 Å². The fourth-order valence-electron chi connectivity index (χ4n) is 1.68. The van der Waals surface area contributed by atoms with Gasteiger partial charge in [0.15, 0.2) is 6.29 Å². The maximum atomic E-state index is 9.47. The smallest absolute Gasteiger partial charge is 0.157 e. The van der Waals surface area contributed by atoms with Crippen LogP contribution in [-0.2, 0) is 4.74 Å². The standard InChI is InChI=1S/C8H15N3O3.2Ac/c1-4-5(2)8(13)14-6(3-12)7(4)10-11-9;;/h4-8,12-13H,3H2,1-2H3;;/t4-,5-,6-,7+,8?;;/m1../s1. The van der Waals surface area contributed by atoms with Gasteiger partial charge in [-0.3, -0.25) is 0 Å². The quantitative estimate of drug-likeness (QED) is 0.260. The van der Waals surface area contributed by atoms with E-state index in [-0.39, 0.29) is 107 Å². The van der Waals surface area contributed by atoms with E-state index in [2.05, 4.69) is 10.0 Å². The van der Waals surface area contributed by atoms with Gasteiger partial charge in [-0.25, -0.2) is 0 Å². The Morgan fingerprint density at radius 2 is 1.88 bits per heavy atom. The summed E-state index contributed by atoms with van der Waals surface area (Å²) in [5, 5.41) is 22.0. The average molecular weight is 655 g/mol. The topological polar surface area (TPSA) is 98.5 Å². The largest absolute Gasteiger partial charge is 0.394 e. The predicted molar refractivity (Wildman–Crippen MR) is 49.2 cm³/mol. The van der Waals surface area contributed by atoms with Crippen LogP contribution in [0.15, 0.2) is 5.11 Å². The molecule has 0 amide bonds. The van der Waals surface area contributed by atoms with Gasteiger partial charge >= 0.3 is 0 Å². The second-order valence-corrected chi connectivity index (χ2v) is 3.66. The van der Waals surface area contributed by atoms with Gasteiger partial charge in [-0.1, -0.05) is 19.0 Å². The number of hydrogen-bond acceptors (Lipinski definition) is 4. The predicted octanol–water partition coefficient (Wildman–Crippen LogP) is 0.647. The molecule has 1 aliphatic rings. The molecule has 0 aromatic heterocycles. The first kappa shape index (κ1) is 20.4. The zero-order valence-electron chi connectivity index (χ0n) is 9.39. The van der Waals surface area contributed by atoms with Crippen LogP contribution in [0.25, 0.3) is 10.4 Å².